The van der Waals surface area contributed by atoms with Crippen LogP contribution in [0.2, 0.25) is 0 Å². The second-order valence-corrected chi connectivity index (χ2v) is 4.55. The van der Waals surface area contributed by atoms with Gasteiger partial charge < -0.3 is 9.47 Å². The molecule has 5 nitrogen and oxygen atoms in total. The molecule has 1 rings (SSSR count). The first-order chi connectivity index (χ1) is 10.6. The molecule has 5 heteroatoms. The Kier molecular flexibility index (Phi) is 6.84. The summed E-state index contributed by atoms with van der Waals surface area (Å²) in [7, 11) is 0. The molecule has 1 unspecified atom stereocenters. The van der Waals surface area contributed by atoms with E-state index in [1.165, 1.54) is 6.08 Å². The lowest BCUT2D eigenvalue weighted by atomic mass is 9.82. The summed E-state index contributed by atoms with van der Waals surface area (Å²) in [5.74, 6) is -1.28. The fourth-order valence-electron chi connectivity index (χ4n) is 1.90. The largest absolute Gasteiger partial charge is 0.465 e. The standard InChI is InChI=1S/C17H19NO4/c1-3-21-15(19)10-11-17(13-18,16(20)22-4-2)12-14-8-6-5-7-9-14/h5-11H,3-4,12H2,1-2H3/b11-10+. The van der Waals surface area contributed by atoms with E-state index in [1.54, 1.807) is 13.8 Å². The Morgan fingerprint density at radius 1 is 1.18 bits per heavy atom. The van der Waals surface area contributed by atoms with Crippen molar-refractivity contribution < 1.29 is 19.1 Å². The van der Waals surface area contributed by atoms with Crippen LogP contribution in [0, 0.1) is 16.7 Å². The molecule has 0 aromatic heterocycles. The first kappa shape index (κ1) is 17.4. The third-order valence-corrected chi connectivity index (χ3v) is 2.96. The van der Waals surface area contributed by atoms with Gasteiger partial charge in [0, 0.05) is 12.5 Å². The molecular weight excluding hydrogens is 282 g/mol. The van der Waals surface area contributed by atoms with Gasteiger partial charge in [-0.1, -0.05) is 30.3 Å². The molecule has 1 atom stereocenters. The van der Waals surface area contributed by atoms with Crippen molar-refractivity contribution in [3.8, 4) is 6.07 Å². The summed E-state index contributed by atoms with van der Waals surface area (Å²) in [6, 6.07) is 11.1. The Balaban J connectivity index is 3.10. The number of esters is 2. The number of rotatable bonds is 7. The van der Waals surface area contributed by atoms with Crippen molar-refractivity contribution in [2.45, 2.75) is 20.3 Å². The molecule has 0 aliphatic rings. The molecule has 0 spiro atoms. The summed E-state index contributed by atoms with van der Waals surface area (Å²) >= 11 is 0. The molecule has 116 valence electrons. The molecule has 22 heavy (non-hydrogen) atoms. The zero-order chi connectivity index (χ0) is 16.4. The lowest BCUT2D eigenvalue weighted by Crippen LogP contribution is -2.32. The van der Waals surface area contributed by atoms with Crippen LogP contribution in [0.1, 0.15) is 19.4 Å². The highest BCUT2D eigenvalue weighted by molar-refractivity contribution is 5.87. The lowest BCUT2D eigenvalue weighted by Gasteiger charge is -2.20. The number of hydrogen-bond acceptors (Lipinski definition) is 5. The number of ether oxygens (including phenoxy) is 2. The number of nitriles is 1. The normalized spacial score (nSPS) is 13.1. The van der Waals surface area contributed by atoms with Crippen LogP contribution in [0.4, 0.5) is 0 Å². The quantitative estimate of drug-likeness (QED) is 0.571. The lowest BCUT2D eigenvalue weighted by molar-refractivity contribution is -0.149. The van der Waals surface area contributed by atoms with E-state index in [2.05, 4.69) is 0 Å². The molecule has 0 fully saturated rings. The van der Waals surface area contributed by atoms with Crippen molar-refractivity contribution in [3.05, 3.63) is 48.0 Å². The summed E-state index contributed by atoms with van der Waals surface area (Å²) in [6.07, 6.45) is 2.49. The molecule has 1 aromatic carbocycles. The van der Waals surface area contributed by atoms with Crippen molar-refractivity contribution in [2.24, 2.45) is 5.41 Å². The summed E-state index contributed by atoms with van der Waals surface area (Å²) in [4.78, 5) is 23.7. The third kappa shape index (κ3) is 4.74. The maximum atomic E-state index is 12.2. The predicted octanol–water partition coefficient (Wildman–Crippen LogP) is 2.42. The molecular formula is C17H19NO4. The second-order valence-electron chi connectivity index (χ2n) is 4.55. The highest BCUT2D eigenvalue weighted by atomic mass is 16.5. The summed E-state index contributed by atoms with van der Waals surface area (Å²) in [5, 5.41) is 9.52. The Morgan fingerprint density at radius 3 is 2.36 bits per heavy atom. The molecule has 0 N–H and O–H groups in total. The molecule has 0 radical (unpaired) electrons. The minimum absolute atomic E-state index is 0.124. The Labute approximate surface area is 130 Å². The van der Waals surface area contributed by atoms with Gasteiger partial charge in [-0.2, -0.15) is 5.26 Å². The van der Waals surface area contributed by atoms with E-state index in [1.807, 2.05) is 36.4 Å². The zero-order valence-corrected chi connectivity index (χ0v) is 12.7. The molecule has 0 saturated carbocycles. The van der Waals surface area contributed by atoms with Gasteiger partial charge in [0.2, 0.25) is 0 Å². The van der Waals surface area contributed by atoms with Crippen LogP contribution in [0.25, 0.3) is 0 Å². The topological polar surface area (TPSA) is 76.4 Å². The molecule has 0 aliphatic heterocycles. The smallest absolute Gasteiger partial charge is 0.330 e. The van der Waals surface area contributed by atoms with Gasteiger partial charge in [-0.3, -0.25) is 0 Å². The first-order valence-electron chi connectivity index (χ1n) is 7.06. The van der Waals surface area contributed by atoms with Crippen molar-refractivity contribution >= 4 is 11.9 Å². The van der Waals surface area contributed by atoms with Crippen LogP contribution in [-0.2, 0) is 25.5 Å². The molecule has 0 amide bonds. The van der Waals surface area contributed by atoms with Gasteiger partial charge in [0.1, 0.15) is 0 Å². The van der Waals surface area contributed by atoms with Gasteiger partial charge >= 0.3 is 11.9 Å². The van der Waals surface area contributed by atoms with Gasteiger partial charge in [0.25, 0.3) is 0 Å². The summed E-state index contributed by atoms with van der Waals surface area (Å²) < 4.78 is 9.78. The van der Waals surface area contributed by atoms with Gasteiger partial charge in [0.15, 0.2) is 5.41 Å². The van der Waals surface area contributed by atoms with Crippen LogP contribution < -0.4 is 0 Å². The van der Waals surface area contributed by atoms with Gasteiger partial charge in [-0.15, -0.1) is 0 Å². The highest BCUT2D eigenvalue weighted by Crippen LogP contribution is 2.26. The van der Waals surface area contributed by atoms with E-state index < -0.39 is 17.4 Å². The summed E-state index contributed by atoms with van der Waals surface area (Å²) in [6.45, 7) is 3.72. The van der Waals surface area contributed by atoms with E-state index in [4.69, 9.17) is 9.47 Å². The first-order valence-corrected chi connectivity index (χ1v) is 7.06. The van der Waals surface area contributed by atoms with E-state index in [9.17, 15) is 14.9 Å². The van der Waals surface area contributed by atoms with Crippen molar-refractivity contribution in [1.82, 2.24) is 0 Å². The molecule has 1 aromatic rings. The number of nitrogens with zero attached hydrogens (tertiary/aromatic N) is 1. The van der Waals surface area contributed by atoms with Crippen molar-refractivity contribution in [1.29, 1.82) is 5.26 Å². The molecule has 0 bridgehead atoms. The molecule has 0 heterocycles. The van der Waals surface area contributed by atoms with Crippen molar-refractivity contribution in [2.75, 3.05) is 13.2 Å². The zero-order valence-electron chi connectivity index (χ0n) is 12.7. The van der Waals surface area contributed by atoms with Crippen LogP contribution in [0.3, 0.4) is 0 Å². The van der Waals surface area contributed by atoms with Gasteiger partial charge in [-0.05, 0) is 25.5 Å². The fraction of sp³-hybridized carbons (Fsp3) is 0.353. The minimum Gasteiger partial charge on any atom is -0.465 e. The van der Waals surface area contributed by atoms with Gasteiger partial charge in [-0.25, -0.2) is 9.59 Å². The van der Waals surface area contributed by atoms with Gasteiger partial charge in [0.05, 0.1) is 19.3 Å². The Hall–Kier alpha value is -2.61. The van der Waals surface area contributed by atoms with Crippen LogP contribution in [0.5, 0.6) is 0 Å². The summed E-state index contributed by atoms with van der Waals surface area (Å²) in [5.41, 5.74) is -0.755. The van der Waals surface area contributed by atoms with Crippen LogP contribution >= 0.6 is 0 Å². The van der Waals surface area contributed by atoms with E-state index in [0.29, 0.717) is 0 Å². The molecule has 0 aliphatic carbocycles. The maximum absolute atomic E-state index is 12.2. The average molecular weight is 301 g/mol. The second kappa shape index (κ2) is 8.63. The maximum Gasteiger partial charge on any atom is 0.330 e. The van der Waals surface area contributed by atoms with Crippen molar-refractivity contribution in [3.63, 3.8) is 0 Å². The van der Waals surface area contributed by atoms with Crippen LogP contribution in [-0.4, -0.2) is 25.2 Å². The fourth-order valence-corrected chi connectivity index (χ4v) is 1.90. The van der Waals surface area contributed by atoms with E-state index in [-0.39, 0.29) is 19.6 Å². The number of carbonyl (C=O) groups excluding carboxylic acids is 2. The predicted molar refractivity (Wildman–Crippen MR) is 80.6 cm³/mol. The number of benzene rings is 1. The Bertz CT molecular complexity index is 574. The highest BCUT2D eigenvalue weighted by Gasteiger charge is 2.38. The van der Waals surface area contributed by atoms with Crippen LogP contribution in [0.15, 0.2) is 42.5 Å². The van der Waals surface area contributed by atoms with E-state index in [0.717, 1.165) is 11.6 Å². The third-order valence-electron chi connectivity index (χ3n) is 2.96. The number of hydrogen-bond donors (Lipinski definition) is 0. The monoisotopic (exact) mass is 301 g/mol. The number of carbonyl (C=O) groups is 2. The Morgan fingerprint density at radius 2 is 1.82 bits per heavy atom. The minimum atomic E-state index is -1.55. The molecule has 0 saturated heterocycles. The van der Waals surface area contributed by atoms with E-state index >= 15 is 0 Å². The SMILES string of the molecule is CCOC(=O)/C=C/C(C#N)(Cc1ccccc1)C(=O)OCC. The average Bonchev–Trinajstić information content (AvgIpc) is 2.53.